The summed E-state index contributed by atoms with van der Waals surface area (Å²) in [5.41, 5.74) is 0. The SMILES string of the molecule is CC(=O)N[C@@H]1[C@@H](O[C@H]2O[C@H](CO)[C@H](O)[C@H](O)[C@H]2O[C@@H]2O[C@H](CO)[C@@H](O)[C@H](O[C@@H]3O[C@@H](C)[C@H](O)[C@@H](O)[C@H]3O)[C@H]2NC(C)=O)[C@H](O)[C@@H](CO)O[C@@H]1O. The summed E-state index contributed by atoms with van der Waals surface area (Å²) in [4.78, 5) is 24.3. The summed E-state index contributed by atoms with van der Waals surface area (Å²) >= 11 is 0. The molecular formula is C28H48N2O20. The van der Waals surface area contributed by atoms with Gasteiger partial charge in [-0.3, -0.25) is 9.59 Å². The van der Waals surface area contributed by atoms with Crippen molar-refractivity contribution in [1.29, 1.82) is 0 Å². The summed E-state index contributed by atoms with van der Waals surface area (Å²) in [5.74, 6) is -1.44. The maximum absolute atomic E-state index is 12.4. The lowest BCUT2D eigenvalue weighted by Crippen LogP contribution is -2.70. The second-order valence-electron chi connectivity index (χ2n) is 12.6. The molecule has 4 aliphatic heterocycles. The van der Waals surface area contributed by atoms with E-state index in [0.717, 1.165) is 13.8 Å². The van der Waals surface area contributed by atoms with Gasteiger partial charge >= 0.3 is 0 Å². The van der Waals surface area contributed by atoms with Crippen LogP contribution in [-0.4, -0.2) is 211 Å². The van der Waals surface area contributed by atoms with Crippen molar-refractivity contribution in [3.05, 3.63) is 0 Å². The van der Waals surface area contributed by atoms with Crippen molar-refractivity contribution in [2.45, 2.75) is 143 Å². The van der Waals surface area contributed by atoms with Crippen LogP contribution in [0, 0.1) is 0 Å². The van der Waals surface area contributed by atoms with Gasteiger partial charge in [0.05, 0.1) is 25.9 Å². The van der Waals surface area contributed by atoms with E-state index < -0.39 is 154 Å². The molecule has 50 heavy (non-hydrogen) atoms. The molecule has 22 heteroatoms. The average molecular weight is 733 g/mol. The lowest BCUT2D eigenvalue weighted by molar-refractivity contribution is -0.381. The zero-order valence-electron chi connectivity index (χ0n) is 27.3. The van der Waals surface area contributed by atoms with E-state index in [0.29, 0.717) is 0 Å². The maximum atomic E-state index is 12.4. The molecule has 0 spiro atoms. The Labute approximate surface area is 285 Å². The van der Waals surface area contributed by atoms with Gasteiger partial charge in [0.2, 0.25) is 11.8 Å². The van der Waals surface area contributed by atoms with Gasteiger partial charge in [-0.1, -0.05) is 0 Å². The number of rotatable bonds is 11. The summed E-state index contributed by atoms with van der Waals surface area (Å²) in [6.07, 6.45) is -30.6. The quantitative estimate of drug-likeness (QED) is 0.0938. The number of aliphatic hydroxyl groups excluding tert-OH is 11. The number of ether oxygens (including phenoxy) is 7. The summed E-state index contributed by atoms with van der Waals surface area (Å²) in [7, 11) is 0. The molecule has 0 aromatic heterocycles. The Kier molecular flexibility index (Phi) is 14.2. The molecule has 4 rings (SSSR count). The van der Waals surface area contributed by atoms with E-state index in [-0.39, 0.29) is 0 Å². The third kappa shape index (κ3) is 8.70. The third-order valence-electron chi connectivity index (χ3n) is 8.97. The first-order valence-corrected chi connectivity index (χ1v) is 15.9. The normalized spacial score (nSPS) is 48.5. The molecule has 0 bridgehead atoms. The molecule has 4 saturated heterocycles. The molecule has 13 N–H and O–H groups in total. The first kappa shape index (κ1) is 41.0. The highest BCUT2D eigenvalue weighted by Gasteiger charge is 2.56. The van der Waals surface area contributed by atoms with Crippen LogP contribution >= 0.6 is 0 Å². The second-order valence-corrected chi connectivity index (χ2v) is 12.6. The fourth-order valence-corrected chi connectivity index (χ4v) is 6.27. The van der Waals surface area contributed by atoms with Crippen LogP contribution < -0.4 is 10.6 Å². The van der Waals surface area contributed by atoms with E-state index in [2.05, 4.69) is 10.6 Å². The number of aliphatic hydroxyl groups is 11. The van der Waals surface area contributed by atoms with Crippen LogP contribution in [0.2, 0.25) is 0 Å². The van der Waals surface area contributed by atoms with E-state index in [1.807, 2.05) is 0 Å². The maximum Gasteiger partial charge on any atom is 0.217 e. The number of hydrogen-bond donors (Lipinski definition) is 13. The van der Waals surface area contributed by atoms with Crippen LogP contribution in [0.3, 0.4) is 0 Å². The molecule has 4 aliphatic rings. The summed E-state index contributed by atoms with van der Waals surface area (Å²) in [6.45, 7) is 0.964. The predicted octanol–water partition coefficient (Wildman–Crippen LogP) is -8.43. The Bertz CT molecular complexity index is 1130. The minimum absolute atomic E-state index is 0.696. The van der Waals surface area contributed by atoms with Gasteiger partial charge in [-0.25, -0.2) is 0 Å². The molecule has 2 amide bonds. The van der Waals surface area contributed by atoms with Crippen LogP contribution in [0.4, 0.5) is 0 Å². The van der Waals surface area contributed by atoms with Gasteiger partial charge in [-0.2, -0.15) is 0 Å². The second kappa shape index (κ2) is 17.4. The molecule has 0 aromatic carbocycles. The van der Waals surface area contributed by atoms with E-state index in [4.69, 9.17) is 33.2 Å². The largest absolute Gasteiger partial charge is 0.394 e. The Morgan fingerprint density at radius 2 is 0.980 bits per heavy atom. The zero-order chi connectivity index (χ0) is 37.2. The standard InChI is InChI=1S/C28H48N2O20/c1-7-15(36)19(40)21(42)27(44-7)48-23-14(30-9(3)35)26(46-12(6-33)18(23)39)50-24-20(41)16(37)10(4-31)47-28(24)49-22-13(29-8(2)34)25(43)45-11(5-32)17(22)38/h7,10-28,31-33,36-43H,4-6H2,1-3H3,(H,29,34)(H,30,35)/t7-,10+,11+,12+,13+,14+,15-,16-,17+,18+,19+,20-,21+,22+,23+,24+,25-,26-,27-,28+/m0/s1. The fourth-order valence-electron chi connectivity index (χ4n) is 6.27. The van der Waals surface area contributed by atoms with Crippen molar-refractivity contribution in [2.75, 3.05) is 19.8 Å². The number of nitrogens with one attached hydrogen (secondary N) is 2. The highest BCUT2D eigenvalue weighted by Crippen LogP contribution is 2.34. The van der Waals surface area contributed by atoms with Crippen LogP contribution in [0.15, 0.2) is 0 Å². The van der Waals surface area contributed by atoms with Gasteiger partial charge in [0, 0.05) is 13.8 Å². The van der Waals surface area contributed by atoms with Crippen molar-refractivity contribution in [2.24, 2.45) is 0 Å². The molecule has 0 unspecified atom stereocenters. The molecule has 0 aliphatic carbocycles. The Morgan fingerprint density at radius 1 is 0.520 bits per heavy atom. The lowest BCUT2D eigenvalue weighted by atomic mass is 9.94. The van der Waals surface area contributed by atoms with E-state index in [1.165, 1.54) is 6.92 Å². The van der Waals surface area contributed by atoms with Crippen molar-refractivity contribution in [1.82, 2.24) is 10.6 Å². The number of carbonyl (C=O) groups excluding carboxylic acids is 2. The number of amides is 2. The molecule has 290 valence electrons. The molecule has 0 aromatic rings. The van der Waals surface area contributed by atoms with Gasteiger partial charge in [0.25, 0.3) is 0 Å². The molecule has 4 fully saturated rings. The minimum atomic E-state index is -2.00. The predicted molar refractivity (Wildman–Crippen MR) is 156 cm³/mol. The Balaban J connectivity index is 1.68. The number of hydrogen-bond acceptors (Lipinski definition) is 20. The number of carbonyl (C=O) groups is 2. The topological polar surface area (TPSA) is 345 Å². The summed E-state index contributed by atoms with van der Waals surface area (Å²) < 4.78 is 39.8. The van der Waals surface area contributed by atoms with Crippen LogP contribution in [0.5, 0.6) is 0 Å². The van der Waals surface area contributed by atoms with Gasteiger partial charge < -0.3 is 100.0 Å². The zero-order valence-corrected chi connectivity index (χ0v) is 27.3. The molecule has 22 nitrogen and oxygen atoms in total. The van der Waals surface area contributed by atoms with Crippen LogP contribution in [-0.2, 0) is 42.7 Å². The molecule has 0 saturated carbocycles. The molecule has 4 heterocycles. The summed E-state index contributed by atoms with van der Waals surface area (Å²) in [5, 5.41) is 120. The van der Waals surface area contributed by atoms with Gasteiger partial charge in [-0.15, -0.1) is 0 Å². The van der Waals surface area contributed by atoms with Crippen molar-refractivity contribution < 1.29 is 98.9 Å². The first-order valence-electron chi connectivity index (χ1n) is 15.9. The van der Waals surface area contributed by atoms with Gasteiger partial charge in [0.15, 0.2) is 25.2 Å². The van der Waals surface area contributed by atoms with E-state index in [1.54, 1.807) is 0 Å². The molecule has 0 radical (unpaired) electrons. The van der Waals surface area contributed by atoms with Crippen molar-refractivity contribution in [3.63, 3.8) is 0 Å². The highest BCUT2D eigenvalue weighted by atomic mass is 16.8. The van der Waals surface area contributed by atoms with E-state index >= 15 is 0 Å². The van der Waals surface area contributed by atoms with Crippen LogP contribution in [0.25, 0.3) is 0 Å². The molecule has 20 atom stereocenters. The minimum Gasteiger partial charge on any atom is -0.394 e. The smallest absolute Gasteiger partial charge is 0.217 e. The first-order chi connectivity index (χ1) is 23.5. The average Bonchev–Trinajstić information content (AvgIpc) is 3.06. The Morgan fingerprint density at radius 3 is 1.54 bits per heavy atom. The van der Waals surface area contributed by atoms with Crippen molar-refractivity contribution >= 4 is 11.8 Å². The van der Waals surface area contributed by atoms with Gasteiger partial charge in [0.1, 0.15) is 91.4 Å². The third-order valence-corrected chi connectivity index (χ3v) is 8.97. The van der Waals surface area contributed by atoms with Crippen molar-refractivity contribution in [3.8, 4) is 0 Å². The fraction of sp³-hybridized carbons (Fsp3) is 0.929. The molecular weight excluding hydrogens is 684 g/mol. The van der Waals surface area contributed by atoms with Crippen LogP contribution in [0.1, 0.15) is 20.8 Å². The van der Waals surface area contributed by atoms with Gasteiger partial charge in [-0.05, 0) is 6.92 Å². The summed E-state index contributed by atoms with van der Waals surface area (Å²) in [6, 6.07) is -3.09. The highest BCUT2D eigenvalue weighted by molar-refractivity contribution is 5.73. The Hall–Kier alpha value is -1.78. The van der Waals surface area contributed by atoms with E-state index in [9.17, 15) is 65.8 Å². The monoisotopic (exact) mass is 732 g/mol. The lowest BCUT2D eigenvalue weighted by Gasteiger charge is -2.50.